The number of carbonyl (C=O) groups is 1. The standard InChI is InChI=1S/C20H15Cl2N3O4/c1-12-15(3-2-4-18(12)25(28)29)20(27)23-14-6-8-19(26)24(11-14)10-13-5-7-16(21)17(22)9-13/h2-9,11H,10H2,1H3,(H,23,27). The van der Waals surface area contributed by atoms with Crippen molar-refractivity contribution < 1.29 is 9.72 Å². The van der Waals surface area contributed by atoms with Gasteiger partial charge in [0.15, 0.2) is 0 Å². The molecule has 0 saturated carbocycles. The molecule has 0 spiro atoms. The Balaban J connectivity index is 1.85. The summed E-state index contributed by atoms with van der Waals surface area (Å²) in [5.74, 6) is -0.508. The highest BCUT2D eigenvalue weighted by Gasteiger charge is 2.18. The molecule has 0 aliphatic heterocycles. The van der Waals surface area contributed by atoms with Crippen molar-refractivity contribution in [2.24, 2.45) is 0 Å². The number of benzene rings is 2. The van der Waals surface area contributed by atoms with E-state index >= 15 is 0 Å². The average Bonchev–Trinajstić information content (AvgIpc) is 2.67. The van der Waals surface area contributed by atoms with E-state index in [1.54, 1.807) is 18.2 Å². The Morgan fingerprint density at radius 2 is 1.90 bits per heavy atom. The number of nitrogens with zero attached hydrogens (tertiary/aromatic N) is 2. The summed E-state index contributed by atoms with van der Waals surface area (Å²) in [6.07, 6.45) is 1.50. The Hall–Kier alpha value is -3.16. The topological polar surface area (TPSA) is 94.2 Å². The summed E-state index contributed by atoms with van der Waals surface area (Å²) in [5, 5.41) is 14.5. The number of nitro groups is 1. The number of carbonyl (C=O) groups excluding carboxylic acids is 1. The fourth-order valence-corrected chi connectivity index (χ4v) is 3.15. The molecule has 1 N–H and O–H groups in total. The molecule has 29 heavy (non-hydrogen) atoms. The minimum Gasteiger partial charge on any atom is -0.321 e. The molecule has 9 heteroatoms. The molecule has 0 bridgehead atoms. The molecule has 0 radical (unpaired) electrons. The van der Waals surface area contributed by atoms with Crippen molar-refractivity contribution in [1.29, 1.82) is 0 Å². The van der Waals surface area contributed by atoms with E-state index in [-0.39, 0.29) is 28.9 Å². The lowest BCUT2D eigenvalue weighted by Gasteiger charge is -2.11. The molecular weight excluding hydrogens is 417 g/mol. The Labute approximate surface area is 175 Å². The van der Waals surface area contributed by atoms with Crippen LogP contribution in [0.25, 0.3) is 0 Å². The number of anilines is 1. The Morgan fingerprint density at radius 1 is 1.14 bits per heavy atom. The summed E-state index contributed by atoms with van der Waals surface area (Å²) in [7, 11) is 0. The number of nitro benzene ring substituents is 1. The van der Waals surface area contributed by atoms with Gasteiger partial charge in [0.05, 0.1) is 27.2 Å². The van der Waals surface area contributed by atoms with Crippen molar-refractivity contribution in [3.8, 4) is 0 Å². The minimum atomic E-state index is -0.538. The number of pyridine rings is 1. The predicted molar refractivity (Wildman–Crippen MR) is 112 cm³/mol. The number of hydrogen-bond acceptors (Lipinski definition) is 4. The molecule has 3 aromatic rings. The van der Waals surface area contributed by atoms with Crippen LogP contribution in [0.2, 0.25) is 10.0 Å². The van der Waals surface area contributed by atoms with Crippen molar-refractivity contribution in [2.75, 3.05) is 5.32 Å². The van der Waals surface area contributed by atoms with Crippen LogP contribution < -0.4 is 10.9 Å². The maximum Gasteiger partial charge on any atom is 0.273 e. The second-order valence-corrected chi connectivity index (χ2v) is 7.11. The van der Waals surface area contributed by atoms with E-state index in [1.807, 2.05) is 0 Å². The van der Waals surface area contributed by atoms with Crippen LogP contribution in [-0.2, 0) is 6.54 Å². The first kappa shape index (κ1) is 20.6. The van der Waals surface area contributed by atoms with Gasteiger partial charge in [-0.2, -0.15) is 0 Å². The Bertz CT molecular complexity index is 1170. The Morgan fingerprint density at radius 3 is 2.59 bits per heavy atom. The van der Waals surface area contributed by atoms with Gasteiger partial charge < -0.3 is 9.88 Å². The smallest absolute Gasteiger partial charge is 0.273 e. The molecule has 0 unspecified atom stereocenters. The summed E-state index contributed by atoms with van der Waals surface area (Å²) >= 11 is 11.9. The van der Waals surface area contributed by atoms with Crippen molar-refractivity contribution in [2.45, 2.75) is 13.5 Å². The molecule has 0 fully saturated rings. The number of aromatic nitrogens is 1. The molecule has 3 rings (SSSR count). The minimum absolute atomic E-state index is 0.137. The van der Waals surface area contributed by atoms with Crippen molar-refractivity contribution >= 4 is 40.5 Å². The molecule has 0 saturated heterocycles. The van der Waals surface area contributed by atoms with E-state index in [0.717, 1.165) is 5.56 Å². The van der Waals surface area contributed by atoms with E-state index in [0.29, 0.717) is 15.7 Å². The quantitative estimate of drug-likeness (QED) is 0.468. The van der Waals surface area contributed by atoms with Gasteiger partial charge in [0.1, 0.15) is 0 Å². The summed E-state index contributed by atoms with van der Waals surface area (Å²) < 4.78 is 1.41. The van der Waals surface area contributed by atoms with Crippen LogP contribution in [0.4, 0.5) is 11.4 Å². The van der Waals surface area contributed by atoms with Gasteiger partial charge in [-0.3, -0.25) is 19.7 Å². The largest absolute Gasteiger partial charge is 0.321 e. The highest BCUT2D eigenvalue weighted by Crippen LogP contribution is 2.24. The summed E-state index contributed by atoms with van der Waals surface area (Å²) in [6, 6.07) is 12.1. The van der Waals surface area contributed by atoms with Crippen LogP contribution in [0.5, 0.6) is 0 Å². The van der Waals surface area contributed by atoms with E-state index in [9.17, 15) is 19.7 Å². The van der Waals surface area contributed by atoms with Gasteiger partial charge in [0.2, 0.25) is 0 Å². The third-order valence-corrected chi connectivity index (χ3v) is 5.06. The number of amides is 1. The zero-order valence-electron chi connectivity index (χ0n) is 15.2. The fourth-order valence-electron chi connectivity index (χ4n) is 2.83. The lowest BCUT2D eigenvalue weighted by Crippen LogP contribution is -2.21. The molecule has 1 aromatic heterocycles. The first-order valence-electron chi connectivity index (χ1n) is 8.46. The van der Waals surface area contributed by atoms with E-state index in [2.05, 4.69) is 5.32 Å². The summed E-state index contributed by atoms with van der Waals surface area (Å²) in [6.45, 7) is 1.74. The zero-order chi connectivity index (χ0) is 21.1. The van der Waals surface area contributed by atoms with Crippen LogP contribution in [0.15, 0.2) is 59.5 Å². The fraction of sp³-hybridized carbons (Fsp3) is 0.100. The third-order valence-electron chi connectivity index (χ3n) is 4.32. The maximum absolute atomic E-state index is 12.6. The van der Waals surface area contributed by atoms with E-state index in [4.69, 9.17) is 23.2 Å². The van der Waals surface area contributed by atoms with Gasteiger partial charge in [0.25, 0.3) is 17.2 Å². The normalized spacial score (nSPS) is 10.6. The monoisotopic (exact) mass is 431 g/mol. The van der Waals surface area contributed by atoms with Crippen molar-refractivity contribution in [3.05, 3.63) is 102 Å². The van der Waals surface area contributed by atoms with Crippen LogP contribution in [0.1, 0.15) is 21.5 Å². The first-order chi connectivity index (χ1) is 13.8. The molecule has 2 aromatic carbocycles. The van der Waals surface area contributed by atoms with Gasteiger partial charge in [-0.15, -0.1) is 0 Å². The van der Waals surface area contributed by atoms with Crippen molar-refractivity contribution in [1.82, 2.24) is 4.57 Å². The first-order valence-corrected chi connectivity index (χ1v) is 9.21. The molecule has 0 atom stereocenters. The number of nitrogens with one attached hydrogen (secondary N) is 1. The van der Waals surface area contributed by atoms with Crippen molar-refractivity contribution in [3.63, 3.8) is 0 Å². The van der Waals surface area contributed by atoms with Gasteiger partial charge >= 0.3 is 0 Å². The van der Waals surface area contributed by atoms with Crippen LogP contribution in [0.3, 0.4) is 0 Å². The number of hydrogen-bond donors (Lipinski definition) is 1. The third kappa shape index (κ3) is 4.64. The lowest BCUT2D eigenvalue weighted by atomic mass is 10.1. The second-order valence-electron chi connectivity index (χ2n) is 6.29. The van der Waals surface area contributed by atoms with Crippen LogP contribution in [0, 0.1) is 17.0 Å². The Kier molecular flexibility index (Phi) is 6.00. The zero-order valence-corrected chi connectivity index (χ0v) is 16.7. The molecule has 7 nitrogen and oxygen atoms in total. The molecule has 0 aliphatic rings. The van der Waals surface area contributed by atoms with E-state index < -0.39 is 10.8 Å². The number of rotatable bonds is 5. The number of halogens is 2. The average molecular weight is 432 g/mol. The molecule has 1 amide bonds. The lowest BCUT2D eigenvalue weighted by molar-refractivity contribution is -0.385. The van der Waals surface area contributed by atoms with Gasteiger partial charge in [0, 0.05) is 29.5 Å². The molecule has 0 aliphatic carbocycles. The van der Waals surface area contributed by atoms with Crippen LogP contribution >= 0.6 is 23.2 Å². The predicted octanol–water partition coefficient (Wildman–Crippen LogP) is 4.67. The maximum atomic E-state index is 12.6. The van der Waals surface area contributed by atoms with E-state index in [1.165, 1.54) is 48.0 Å². The highest BCUT2D eigenvalue weighted by atomic mass is 35.5. The SMILES string of the molecule is Cc1c(C(=O)Nc2ccc(=O)n(Cc3ccc(Cl)c(Cl)c3)c2)cccc1[N+](=O)[O-]. The summed E-state index contributed by atoms with van der Waals surface area (Å²) in [5.41, 5.74) is 1.18. The van der Waals surface area contributed by atoms with Gasteiger partial charge in [-0.25, -0.2) is 0 Å². The van der Waals surface area contributed by atoms with Crippen LogP contribution in [-0.4, -0.2) is 15.4 Å². The second kappa shape index (κ2) is 8.46. The highest BCUT2D eigenvalue weighted by molar-refractivity contribution is 6.42. The molecule has 148 valence electrons. The van der Waals surface area contributed by atoms with Gasteiger partial charge in [-0.05, 0) is 36.8 Å². The van der Waals surface area contributed by atoms with Gasteiger partial charge in [-0.1, -0.05) is 35.3 Å². The molecular formula is C20H15Cl2N3O4. The summed E-state index contributed by atoms with van der Waals surface area (Å²) in [4.78, 5) is 35.3. The molecule has 1 heterocycles.